The van der Waals surface area contributed by atoms with Crippen molar-refractivity contribution < 1.29 is 9.90 Å². The lowest BCUT2D eigenvalue weighted by atomic mass is 10.3. The molecule has 16 heavy (non-hydrogen) atoms. The minimum Gasteiger partial charge on any atom is -0.481 e. The van der Waals surface area contributed by atoms with Crippen molar-refractivity contribution in [1.82, 2.24) is 9.55 Å². The summed E-state index contributed by atoms with van der Waals surface area (Å²) in [5.74, 6) is -0.817. The molecule has 0 atom stereocenters. The highest BCUT2D eigenvalue weighted by molar-refractivity contribution is 7.15. The summed E-state index contributed by atoms with van der Waals surface area (Å²) in [5, 5.41) is 9.55. The number of hydrogen-bond acceptors (Lipinski definition) is 3. The number of nitrogens with zero attached hydrogens (tertiary/aromatic N) is 2. The first-order valence-electron chi connectivity index (χ1n) is 4.72. The van der Waals surface area contributed by atoms with E-state index in [2.05, 4.69) is 4.98 Å². The highest BCUT2D eigenvalue weighted by atomic mass is 32.1. The van der Waals surface area contributed by atoms with E-state index in [4.69, 9.17) is 5.11 Å². The fourth-order valence-corrected chi connectivity index (χ4v) is 2.13. The molecule has 0 amide bonds. The number of hydrogen-bond donors (Lipinski definition) is 1. The van der Waals surface area contributed by atoms with Gasteiger partial charge in [-0.3, -0.25) is 9.36 Å². The van der Waals surface area contributed by atoms with Crippen molar-refractivity contribution in [2.45, 2.75) is 6.42 Å². The second kappa shape index (κ2) is 4.76. The standard InChI is InChI=1S/C11H10N2O2S/c14-11(15)3-1-2-9-4-5-10(16-9)13-7-6-12-8-13/h1-2,4-8H,3H2,(H,14,15)/b2-1+. The topological polar surface area (TPSA) is 55.1 Å². The maximum absolute atomic E-state index is 10.3. The van der Waals surface area contributed by atoms with Crippen LogP contribution in [0.2, 0.25) is 0 Å². The van der Waals surface area contributed by atoms with Crippen molar-refractivity contribution in [2.24, 2.45) is 0 Å². The van der Waals surface area contributed by atoms with E-state index < -0.39 is 5.97 Å². The third kappa shape index (κ3) is 2.58. The molecule has 0 bridgehead atoms. The summed E-state index contributed by atoms with van der Waals surface area (Å²) in [7, 11) is 0. The molecule has 0 aliphatic carbocycles. The Hall–Kier alpha value is -1.88. The number of imidazole rings is 1. The number of carboxylic acids is 1. The maximum atomic E-state index is 10.3. The van der Waals surface area contributed by atoms with Gasteiger partial charge in [0.05, 0.1) is 12.7 Å². The van der Waals surface area contributed by atoms with Crippen molar-refractivity contribution in [3.8, 4) is 5.00 Å². The molecule has 0 saturated carbocycles. The molecular weight excluding hydrogens is 224 g/mol. The largest absolute Gasteiger partial charge is 0.481 e. The highest BCUT2D eigenvalue weighted by Crippen LogP contribution is 2.21. The van der Waals surface area contributed by atoms with Gasteiger partial charge in [0.15, 0.2) is 0 Å². The van der Waals surface area contributed by atoms with Gasteiger partial charge in [-0.1, -0.05) is 6.08 Å². The van der Waals surface area contributed by atoms with E-state index in [1.807, 2.05) is 29.0 Å². The zero-order valence-electron chi connectivity index (χ0n) is 8.41. The first-order chi connectivity index (χ1) is 7.75. The molecule has 2 rings (SSSR count). The Morgan fingerprint density at radius 1 is 1.56 bits per heavy atom. The minimum absolute atomic E-state index is 0.0539. The summed E-state index contributed by atoms with van der Waals surface area (Å²) in [6.07, 6.45) is 8.84. The summed E-state index contributed by atoms with van der Waals surface area (Å²) in [6, 6.07) is 3.94. The number of aromatic nitrogens is 2. The highest BCUT2D eigenvalue weighted by Gasteiger charge is 1.99. The summed E-state index contributed by atoms with van der Waals surface area (Å²) in [6.45, 7) is 0. The summed E-state index contributed by atoms with van der Waals surface area (Å²) in [4.78, 5) is 15.3. The van der Waals surface area contributed by atoms with Gasteiger partial charge < -0.3 is 5.11 Å². The molecule has 2 aromatic heterocycles. The van der Waals surface area contributed by atoms with Crippen LogP contribution in [-0.4, -0.2) is 20.6 Å². The van der Waals surface area contributed by atoms with Gasteiger partial charge in [-0.2, -0.15) is 0 Å². The van der Waals surface area contributed by atoms with E-state index in [0.717, 1.165) is 9.88 Å². The van der Waals surface area contributed by atoms with Gasteiger partial charge >= 0.3 is 5.97 Å². The molecule has 1 N–H and O–H groups in total. The maximum Gasteiger partial charge on any atom is 0.307 e. The van der Waals surface area contributed by atoms with Crippen LogP contribution in [0.5, 0.6) is 0 Å². The predicted molar refractivity (Wildman–Crippen MR) is 62.7 cm³/mol. The van der Waals surface area contributed by atoms with Gasteiger partial charge in [-0.15, -0.1) is 11.3 Å². The smallest absolute Gasteiger partial charge is 0.307 e. The summed E-state index contributed by atoms with van der Waals surface area (Å²) < 4.78 is 1.92. The van der Waals surface area contributed by atoms with Gasteiger partial charge in [0, 0.05) is 17.3 Å². The number of carboxylic acid groups (broad SMARTS) is 1. The molecule has 4 nitrogen and oxygen atoms in total. The van der Waals surface area contributed by atoms with Crippen LogP contribution in [0.1, 0.15) is 11.3 Å². The molecule has 0 unspecified atom stereocenters. The number of rotatable bonds is 4. The molecule has 0 aromatic carbocycles. The van der Waals surface area contributed by atoms with E-state index in [-0.39, 0.29) is 6.42 Å². The van der Waals surface area contributed by atoms with Gasteiger partial charge in [0.2, 0.25) is 0 Å². The molecule has 82 valence electrons. The van der Waals surface area contributed by atoms with Gasteiger partial charge in [0.25, 0.3) is 0 Å². The quantitative estimate of drug-likeness (QED) is 0.883. The van der Waals surface area contributed by atoms with Crippen molar-refractivity contribution >= 4 is 23.4 Å². The Morgan fingerprint density at radius 3 is 3.12 bits per heavy atom. The van der Waals surface area contributed by atoms with Crippen LogP contribution in [0.4, 0.5) is 0 Å². The number of thiophene rings is 1. The Morgan fingerprint density at radius 2 is 2.44 bits per heavy atom. The molecule has 2 heterocycles. The van der Waals surface area contributed by atoms with Crippen LogP contribution in [0.25, 0.3) is 11.1 Å². The summed E-state index contributed by atoms with van der Waals surface area (Å²) >= 11 is 1.59. The zero-order valence-corrected chi connectivity index (χ0v) is 9.22. The molecule has 0 fully saturated rings. The van der Waals surface area contributed by atoms with Crippen LogP contribution in [-0.2, 0) is 4.79 Å². The van der Waals surface area contributed by atoms with E-state index in [9.17, 15) is 4.79 Å². The van der Waals surface area contributed by atoms with Crippen molar-refractivity contribution in [1.29, 1.82) is 0 Å². The van der Waals surface area contributed by atoms with Crippen molar-refractivity contribution in [3.63, 3.8) is 0 Å². The van der Waals surface area contributed by atoms with Gasteiger partial charge in [-0.25, -0.2) is 4.98 Å². The third-order valence-electron chi connectivity index (χ3n) is 1.95. The van der Waals surface area contributed by atoms with E-state index in [0.29, 0.717) is 0 Å². The average molecular weight is 234 g/mol. The Balaban J connectivity index is 2.08. The first-order valence-corrected chi connectivity index (χ1v) is 5.54. The second-order valence-electron chi connectivity index (χ2n) is 3.15. The van der Waals surface area contributed by atoms with Crippen LogP contribution < -0.4 is 0 Å². The normalized spacial score (nSPS) is 11.0. The Labute approximate surface area is 96.5 Å². The fraction of sp³-hybridized carbons (Fsp3) is 0.0909. The molecular formula is C11H10N2O2S. The molecule has 2 aromatic rings. The molecule has 0 saturated heterocycles. The molecule has 0 radical (unpaired) electrons. The summed E-state index contributed by atoms with van der Waals surface area (Å²) in [5.41, 5.74) is 0. The van der Waals surface area contributed by atoms with Crippen molar-refractivity contribution in [2.75, 3.05) is 0 Å². The van der Waals surface area contributed by atoms with E-state index in [1.54, 1.807) is 29.9 Å². The van der Waals surface area contributed by atoms with E-state index >= 15 is 0 Å². The average Bonchev–Trinajstić information content (AvgIpc) is 2.85. The molecule has 0 aliphatic rings. The van der Waals surface area contributed by atoms with Crippen LogP contribution in [0.3, 0.4) is 0 Å². The first kappa shape index (κ1) is 10.6. The van der Waals surface area contributed by atoms with Gasteiger partial charge in [0.1, 0.15) is 5.00 Å². The lowest BCUT2D eigenvalue weighted by Crippen LogP contribution is -1.89. The second-order valence-corrected chi connectivity index (χ2v) is 4.24. The zero-order chi connectivity index (χ0) is 11.4. The Kier molecular flexibility index (Phi) is 3.16. The Bertz CT molecular complexity index is 500. The molecule has 0 aliphatic heterocycles. The van der Waals surface area contributed by atoms with E-state index in [1.165, 1.54) is 0 Å². The number of aliphatic carboxylic acids is 1. The van der Waals surface area contributed by atoms with Crippen LogP contribution in [0.15, 0.2) is 36.9 Å². The lowest BCUT2D eigenvalue weighted by Gasteiger charge is -1.93. The monoisotopic (exact) mass is 234 g/mol. The minimum atomic E-state index is -0.817. The predicted octanol–water partition coefficient (Wildman–Crippen LogP) is 2.42. The molecule has 5 heteroatoms. The third-order valence-corrected chi connectivity index (χ3v) is 3.01. The van der Waals surface area contributed by atoms with Crippen molar-refractivity contribution in [3.05, 3.63) is 41.8 Å². The van der Waals surface area contributed by atoms with Crippen LogP contribution >= 0.6 is 11.3 Å². The lowest BCUT2D eigenvalue weighted by molar-refractivity contribution is -0.135. The van der Waals surface area contributed by atoms with Gasteiger partial charge in [-0.05, 0) is 18.2 Å². The SMILES string of the molecule is O=C(O)C/C=C/c1ccc(-n2ccnc2)s1. The molecule has 0 spiro atoms. The fourth-order valence-electron chi connectivity index (χ4n) is 1.24. The number of carbonyl (C=O) groups is 1. The van der Waals surface area contributed by atoms with Crippen LogP contribution in [0, 0.1) is 0 Å².